The summed E-state index contributed by atoms with van der Waals surface area (Å²) >= 11 is 0. The van der Waals surface area contributed by atoms with E-state index in [2.05, 4.69) is 14.8 Å². The lowest BCUT2D eigenvalue weighted by Gasteiger charge is -2.07. The topological polar surface area (TPSA) is 71.5 Å². The van der Waals surface area contributed by atoms with E-state index in [0.717, 1.165) is 37.7 Å². The molecule has 2 rings (SSSR count). The molecule has 0 fully saturated rings. The standard InChI is InChI=1S/C21H27F2N2O3P/c22-19-10-8-17(9-11-19)6-3-1-2-4-7-18-15-25-20(14-21(18)23)16-24-12-5-13-28-29(26)27/h8-11,14-15,24H,1-7,12-13,16H2/p+1. The van der Waals surface area contributed by atoms with E-state index in [1.165, 1.54) is 18.2 Å². The number of hydrogen-bond acceptors (Lipinski definition) is 4. The predicted molar refractivity (Wildman–Crippen MR) is 109 cm³/mol. The van der Waals surface area contributed by atoms with Crippen LogP contribution in [0.4, 0.5) is 8.78 Å². The number of aromatic nitrogens is 1. The fourth-order valence-electron chi connectivity index (χ4n) is 2.98. The summed E-state index contributed by atoms with van der Waals surface area (Å²) in [5.41, 5.74) is 2.40. The van der Waals surface area contributed by atoms with E-state index >= 15 is 0 Å². The minimum Gasteiger partial charge on any atom is -0.311 e. The molecule has 29 heavy (non-hydrogen) atoms. The SMILES string of the molecule is O=[P+](O)OCCCNCc1cc(F)c(CCCCCCc2ccc(F)cc2)cn1. The van der Waals surface area contributed by atoms with Crippen LogP contribution in [0.1, 0.15) is 48.9 Å². The molecule has 1 heterocycles. The largest absolute Gasteiger partial charge is 0.694 e. The van der Waals surface area contributed by atoms with Crippen molar-refractivity contribution in [3.8, 4) is 0 Å². The van der Waals surface area contributed by atoms with Crippen molar-refractivity contribution < 1.29 is 22.8 Å². The van der Waals surface area contributed by atoms with E-state index in [-0.39, 0.29) is 18.2 Å². The Bertz CT molecular complexity index is 760. The lowest BCUT2D eigenvalue weighted by atomic mass is 10.0. The van der Waals surface area contributed by atoms with Gasteiger partial charge in [-0.25, -0.2) is 8.78 Å². The quantitative estimate of drug-likeness (QED) is 0.334. The van der Waals surface area contributed by atoms with Crippen LogP contribution in [0.15, 0.2) is 36.5 Å². The molecule has 0 saturated heterocycles. The molecule has 1 aromatic carbocycles. The maximum atomic E-state index is 14.2. The molecule has 1 unspecified atom stereocenters. The van der Waals surface area contributed by atoms with Crippen molar-refractivity contribution in [2.75, 3.05) is 13.2 Å². The smallest absolute Gasteiger partial charge is 0.311 e. The van der Waals surface area contributed by atoms with Crippen LogP contribution in [-0.2, 0) is 28.5 Å². The molecule has 1 atom stereocenters. The molecule has 2 aromatic rings. The van der Waals surface area contributed by atoms with E-state index in [1.807, 2.05) is 12.1 Å². The number of rotatable bonds is 14. The average molecular weight is 425 g/mol. The van der Waals surface area contributed by atoms with Crippen LogP contribution in [0.25, 0.3) is 0 Å². The van der Waals surface area contributed by atoms with E-state index in [1.54, 1.807) is 6.20 Å². The fraction of sp³-hybridized carbons (Fsp3) is 0.476. The highest BCUT2D eigenvalue weighted by molar-refractivity contribution is 7.32. The first-order valence-corrected chi connectivity index (χ1v) is 11.0. The third kappa shape index (κ3) is 9.99. The third-order valence-electron chi connectivity index (χ3n) is 4.57. The Morgan fingerprint density at radius 3 is 2.45 bits per heavy atom. The van der Waals surface area contributed by atoms with Crippen molar-refractivity contribution in [3.63, 3.8) is 0 Å². The first-order chi connectivity index (χ1) is 14.0. The lowest BCUT2D eigenvalue weighted by molar-refractivity contribution is 0.276. The third-order valence-corrected chi connectivity index (χ3v) is 4.97. The molecule has 0 aliphatic carbocycles. The first kappa shape index (κ1) is 23.5. The molecule has 0 aliphatic rings. The van der Waals surface area contributed by atoms with Crippen molar-refractivity contribution in [1.82, 2.24) is 10.3 Å². The van der Waals surface area contributed by atoms with Gasteiger partial charge in [-0.2, -0.15) is 0 Å². The second-order valence-corrected chi connectivity index (χ2v) is 7.64. The van der Waals surface area contributed by atoms with Crippen molar-refractivity contribution in [2.24, 2.45) is 0 Å². The number of nitrogens with one attached hydrogen (secondary N) is 1. The van der Waals surface area contributed by atoms with E-state index in [0.29, 0.717) is 37.2 Å². The van der Waals surface area contributed by atoms with E-state index in [4.69, 9.17) is 4.89 Å². The van der Waals surface area contributed by atoms with E-state index in [9.17, 15) is 13.3 Å². The number of unbranched alkanes of at least 4 members (excludes halogenated alkanes) is 3. The molecule has 0 saturated carbocycles. The van der Waals surface area contributed by atoms with Crippen LogP contribution in [0.3, 0.4) is 0 Å². The summed E-state index contributed by atoms with van der Waals surface area (Å²) in [5.74, 6) is -0.443. The van der Waals surface area contributed by atoms with Gasteiger partial charge in [0.15, 0.2) is 0 Å². The molecule has 5 nitrogen and oxygen atoms in total. The van der Waals surface area contributed by atoms with Gasteiger partial charge in [-0.3, -0.25) is 4.98 Å². The lowest BCUT2D eigenvalue weighted by Crippen LogP contribution is -2.17. The Balaban J connectivity index is 1.58. The van der Waals surface area contributed by atoms with Crippen molar-refractivity contribution in [1.29, 1.82) is 0 Å². The summed E-state index contributed by atoms with van der Waals surface area (Å²) in [5, 5.41) is 3.10. The molecule has 0 amide bonds. The minimum absolute atomic E-state index is 0.198. The molecule has 1 aromatic heterocycles. The normalized spacial score (nSPS) is 11.6. The van der Waals surface area contributed by atoms with Gasteiger partial charge in [0.05, 0.1) is 5.69 Å². The van der Waals surface area contributed by atoms with Gasteiger partial charge in [0.1, 0.15) is 18.2 Å². The molecule has 2 N–H and O–H groups in total. The zero-order chi connectivity index (χ0) is 20.9. The average Bonchev–Trinajstić information content (AvgIpc) is 2.69. The summed E-state index contributed by atoms with van der Waals surface area (Å²) < 4.78 is 42.0. The zero-order valence-electron chi connectivity index (χ0n) is 16.4. The molecule has 8 heteroatoms. The number of pyridine rings is 1. The second-order valence-electron chi connectivity index (χ2n) is 6.91. The molecular formula is C21H28F2N2O3P+. The Morgan fingerprint density at radius 1 is 1.03 bits per heavy atom. The highest BCUT2D eigenvalue weighted by Gasteiger charge is 2.10. The number of aryl methyl sites for hydroxylation is 2. The van der Waals surface area contributed by atoms with Gasteiger partial charge in [0.2, 0.25) is 0 Å². The van der Waals surface area contributed by atoms with Crippen LogP contribution >= 0.6 is 8.25 Å². The Hall–Kier alpha value is -1.79. The van der Waals surface area contributed by atoms with Crippen LogP contribution in [0, 0.1) is 11.6 Å². The monoisotopic (exact) mass is 425 g/mol. The Labute approximate surface area is 171 Å². The second kappa shape index (κ2) is 13.4. The maximum absolute atomic E-state index is 14.2. The van der Waals surface area contributed by atoms with Gasteiger partial charge in [0.25, 0.3) is 0 Å². The zero-order valence-corrected chi connectivity index (χ0v) is 17.3. The number of benzene rings is 1. The van der Waals surface area contributed by atoms with Crippen molar-refractivity contribution in [3.05, 3.63) is 65.0 Å². The molecule has 158 valence electrons. The number of halogens is 2. The molecule has 0 bridgehead atoms. The van der Waals surface area contributed by atoms with Crippen LogP contribution in [0.2, 0.25) is 0 Å². The van der Waals surface area contributed by atoms with Crippen molar-refractivity contribution in [2.45, 2.75) is 51.5 Å². The minimum atomic E-state index is -2.55. The van der Waals surface area contributed by atoms with E-state index < -0.39 is 8.25 Å². The van der Waals surface area contributed by atoms with Gasteiger partial charge in [-0.05, 0) is 62.4 Å². The highest BCUT2D eigenvalue weighted by atomic mass is 31.1. The summed E-state index contributed by atoms with van der Waals surface area (Å²) in [6, 6.07) is 8.06. The molecular weight excluding hydrogens is 397 g/mol. The molecule has 0 spiro atoms. The van der Waals surface area contributed by atoms with Gasteiger partial charge < -0.3 is 5.32 Å². The number of hydrogen-bond donors (Lipinski definition) is 2. The van der Waals surface area contributed by atoms with Crippen LogP contribution < -0.4 is 5.32 Å². The van der Waals surface area contributed by atoms with Gasteiger partial charge in [0, 0.05) is 22.9 Å². The van der Waals surface area contributed by atoms with Gasteiger partial charge in [-0.15, -0.1) is 9.42 Å². The van der Waals surface area contributed by atoms with Crippen LogP contribution in [0.5, 0.6) is 0 Å². The highest BCUT2D eigenvalue weighted by Crippen LogP contribution is 2.15. The summed E-state index contributed by atoms with van der Waals surface area (Å²) in [7, 11) is -2.55. The molecule has 0 aliphatic heterocycles. The van der Waals surface area contributed by atoms with Crippen LogP contribution in [-0.4, -0.2) is 23.0 Å². The Morgan fingerprint density at radius 2 is 1.76 bits per heavy atom. The van der Waals surface area contributed by atoms with Gasteiger partial charge >= 0.3 is 8.25 Å². The fourth-order valence-corrected chi connectivity index (χ4v) is 3.27. The van der Waals surface area contributed by atoms with Gasteiger partial charge in [-0.1, -0.05) is 25.0 Å². The number of nitrogens with zero attached hydrogens (tertiary/aromatic N) is 1. The predicted octanol–water partition coefficient (Wildman–Crippen LogP) is 4.85. The van der Waals surface area contributed by atoms with Crippen molar-refractivity contribution >= 4 is 8.25 Å². The summed E-state index contributed by atoms with van der Waals surface area (Å²) in [6.07, 6.45) is 7.81. The summed E-state index contributed by atoms with van der Waals surface area (Å²) in [4.78, 5) is 12.8. The summed E-state index contributed by atoms with van der Waals surface area (Å²) in [6.45, 7) is 1.22. The first-order valence-electron chi connectivity index (χ1n) is 9.92. The molecule has 0 radical (unpaired) electrons. The maximum Gasteiger partial charge on any atom is 0.694 e. The Kier molecular flexibility index (Phi) is 10.9.